The maximum absolute atomic E-state index is 13.9. The molecule has 1 aliphatic carbocycles. The van der Waals surface area contributed by atoms with Gasteiger partial charge in [-0.3, -0.25) is 0 Å². The summed E-state index contributed by atoms with van der Waals surface area (Å²) in [4.78, 5) is 18.7. The number of nitrogens with one attached hydrogen (secondary N) is 1. The number of fused-ring (bicyclic) bond motifs is 1. The molecular formula is C35H35Cl3N4O4S. The minimum atomic E-state index is -0.622. The SMILES string of the molecule is CCOc1cc(C2C(C(=O)OC3CCCCC3)=C(C)Nc3nc(SCc4ccccc4Cl)nn32)ccc1OCc1ccc(Cl)cc1Cl. The predicted molar refractivity (Wildman–Crippen MR) is 187 cm³/mol. The van der Waals surface area contributed by atoms with Crippen molar-refractivity contribution in [3.05, 3.63) is 104 Å². The topological polar surface area (TPSA) is 87.5 Å². The van der Waals surface area contributed by atoms with Crippen LogP contribution in [0.15, 0.2) is 77.1 Å². The second-order valence-corrected chi connectivity index (χ2v) is 13.6. The van der Waals surface area contributed by atoms with E-state index in [1.807, 2.05) is 62.4 Å². The number of allylic oxidation sites excluding steroid dienone is 1. The Morgan fingerprint density at radius 1 is 0.957 bits per heavy atom. The van der Waals surface area contributed by atoms with Crippen molar-refractivity contribution in [2.45, 2.75) is 75.6 Å². The van der Waals surface area contributed by atoms with E-state index in [4.69, 9.17) is 59.1 Å². The zero-order valence-electron chi connectivity index (χ0n) is 26.1. The molecule has 3 aromatic carbocycles. The third kappa shape index (κ3) is 7.86. The van der Waals surface area contributed by atoms with Gasteiger partial charge in [-0.2, -0.15) is 4.98 Å². The number of hydrogen-bond donors (Lipinski definition) is 1. The normalized spacial score (nSPS) is 16.4. The fourth-order valence-corrected chi connectivity index (χ4v) is 7.38. The van der Waals surface area contributed by atoms with E-state index >= 15 is 0 Å². The molecule has 1 N–H and O–H groups in total. The largest absolute Gasteiger partial charge is 0.490 e. The zero-order valence-corrected chi connectivity index (χ0v) is 29.2. The Balaban J connectivity index is 1.33. The van der Waals surface area contributed by atoms with E-state index in [-0.39, 0.29) is 18.7 Å². The van der Waals surface area contributed by atoms with Gasteiger partial charge in [0.15, 0.2) is 11.5 Å². The molecule has 246 valence electrons. The van der Waals surface area contributed by atoms with Gasteiger partial charge in [0.25, 0.3) is 0 Å². The van der Waals surface area contributed by atoms with Crippen LogP contribution >= 0.6 is 46.6 Å². The molecule has 2 heterocycles. The van der Waals surface area contributed by atoms with Crippen molar-refractivity contribution in [1.82, 2.24) is 14.8 Å². The first-order valence-electron chi connectivity index (χ1n) is 15.7. The van der Waals surface area contributed by atoms with E-state index in [0.29, 0.717) is 61.3 Å². The second-order valence-electron chi connectivity index (χ2n) is 11.4. The first-order valence-corrected chi connectivity index (χ1v) is 17.8. The van der Waals surface area contributed by atoms with Crippen molar-refractivity contribution in [3.8, 4) is 11.5 Å². The molecule has 1 unspecified atom stereocenters. The van der Waals surface area contributed by atoms with Crippen LogP contribution in [0.3, 0.4) is 0 Å². The molecule has 6 rings (SSSR count). The van der Waals surface area contributed by atoms with Crippen molar-refractivity contribution < 1.29 is 19.0 Å². The van der Waals surface area contributed by atoms with Crippen molar-refractivity contribution in [2.75, 3.05) is 11.9 Å². The Morgan fingerprint density at radius 3 is 2.53 bits per heavy atom. The number of carbonyl (C=O) groups excluding carboxylic acids is 1. The van der Waals surface area contributed by atoms with E-state index < -0.39 is 6.04 Å². The van der Waals surface area contributed by atoms with Gasteiger partial charge in [-0.15, -0.1) is 5.10 Å². The maximum atomic E-state index is 13.9. The minimum Gasteiger partial charge on any atom is -0.490 e. The monoisotopic (exact) mass is 712 g/mol. The number of esters is 1. The lowest BCUT2D eigenvalue weighted by Crippen LogP contribution is -2.32. The van der Waals surface area contributed by atoms with Crippen LogP contribution in [0.25, 0.3) is 0 Å². The molecule has 12 heteroatoms. The molecule has 8 nitrogen and oxygen atoms in total. The van der Waals surface area contributed by atoms with Crippen LogP contribution < -0.4 is 14.8 Å². The van der Waals surface area contributed by atoms with Gasteiger partial charge in [-0.05, 0) is 81.0 Å². The number of carbonyl (C=O) groups is 1. The summed E-state index contributed by atoms with van der Waals surface area (Å²) in [6.07, 6.45) is 4.90. The predicted octanol–water partition coefficient (Wildman–Crippen LogP) is 9.67. The molecule has 1 aromatic heterocycles. The Morgan fingerprint density at radius 2 is 1.77 bits per heavy atom. The lowest BCUT2D eigenvalue weighted by Gasteiger charge is -2.30. The molecule has 1 fully saturated rings. The molecule has 0 radical (unpaired) electrons. The first kappa shape index (κ1) is 33.5. The third-order valence-electron chi connectivity index (χ3n) is 8.18. The van der Waals surface area contributed by atoms with Crippen molar-refractivity contribution in [3.63, 3.8) is 0 Å². The lowest BCUT2D eigenvalue weighted by molar-refractivity contribution is -0.146. The highest BCUT2D eigenvalue weighted by Crippen LogP contribution is 2.41. The Labute approximate surface area is 293 Å². The van der Waals surface area contributed by atoms with Crippen LogP contribution in [0, 0.1) is 0 Å². The number of halogens is 3. The number of ether oxygens (including phenoxy) is 3. The highest BCUT2D eigenvalue weighted by atomic mass is 35.5. The van der Waals surface area contributed by atoms with Gasteiger partial charge in [0.2, 0.25) is 11.1 Å². The van der Waals surface area contributed by atoms with Gasteiger partial charge in [-0.1, -0.05) is 83.3 Å². The van der Waals surface area contributed by atoms with E-state index in [1.165, 1.54) is 11.8 Å². The van der Waals surface area contributed by atoms with Crippen LogP contribution in [-0.4, -0.2) is 33.4 Å². The molecule has 0 saturated heterocycles. The average molecular weight is 714 g/mol. The maximum Gasteiger partial charge on any atom is 0.338 e. The van der Waals surface area contributed by atoms with Crippen LogP contribution in [0.5, 0.6) is 11.5 Å². The Kier molecular flexibility index (Phi) is 10.9. The fourth-order valence-electron chi connectivity index (χ4n) is 5.80. The first-order chi connectivity index (χ1) is 22.8. The van der Waals surface area contributed by atoms with E-state index in [2.05, 4.69) is 5.32 Å². The van der Waals surface area contributed by atoms with Gasteiger partial charge in [0.05, 0.1) is 12.2 Å². The summed E-state index contributed by atoms with van der Waals surface area (Å²) in [5.74, 6) is 1.82. The number of hydrogen-bond acceptors (Lipinski definition) is 8. The third-order valence-corrected chi connectivity index (χ3v) is 10.0. The number of rotatable bonds is 11. The molecule has 2 aliphatic rings. The molecule has 0 spiro atoms. The summed E-state index contributed by atoms with van der Waals surface area (Å²) in [6, 6.07) is 18.0. The summed E-state index contributed by atoms with van der Waals surface area (Å²) in [7, 11) is 0. The van der Waals surface area contributed by atoms with Crippen molar-refractivity contribution in [1.29, 1.82) is 0 Å². The Hall–Kier alpha value is -3.37. The standard InChI is InChI=1S/C35H35Cl3N4O4S/c1-3-44-30-17-22(14-16-29(30)45-19-23-13-15-25(36)18-28(23)38)32-31(33(43)46-26-10-5-4-6-11-26)21(2)39-34-40-35(41-42(32)34)47-20-24-9-7-8-12-27(24)37/h7-9,12-18,26,32H,3-6,10-11,19-20H2,1-2H3,(H,39,40,41). The van der Waals surface area contributed by atoms with Gasteiger partial charge in [0, 0.05) is 32.1 Å². The van der Waals surface area contributed by atoms with Gasteiger partial charge in [0.1, 0.15) is 18.8 Å². The zero-order chi connectivity index (χ0) is 32.9. The van der Waals surface area contributed by atoms with Gasteiger partial charge < -0.3 is 19.5 Å². The molecule has 47 heavy (non-hydrogen) atoms. The molecule has 1 saturated carbocycles. The van der Waals surface area contributed by atoms with Crippen LogP contribution in [0.4, 0.5) is 5.95 Å². The number of aromatic nitrogens is 3. The van der Waals surface area contributed by atoms with Gasteiger partial charge >= 0.3 is 5.97 Å². The molecule has 1 aliphatic heterocycles. The number of thioether (sulfide) groups is 1. The molecular weight excluding hydrogens is 679 g/mol. The molecule has 1 atom stereocenters. The lowest BCUT2D eigenvalue weighted by atomic mass is 9.94. The molecule has 0 bridgehead atoms. The Bertz CT molecular complexity index is 1790. The van der Waals surface area contributed by atoms with Crippen molar-refractivity contribution >= 4 is 58.5 Å². The highest BCUT2D eigenvalue weighted by Gasteiger charge is 2.37. The summed E-state index contributed by atoms with van der Waals surface area (Å²) in [5.41, 5.74) is 3.69. The van der Waals surface area contributed by atoms with E-state index in [9.17, 15) is 4.79 Å². The van der Waals surface area contributed by atoms with Crippen molar-refractivity contribution in [2.24, 2.45) is 0 Å². The smallest absolute Gasteiger partial charge is 0.338 e. The highest BCUT2D eigenvalue weighted by molar-refractivity contribution is 7.98. The van der Waals surface area contributed by atoms with Crippen LogP contribution in [0.1, 0.15) is 68.7 Å². The number of benzene rings is 3. The second kappa shape index (κ2) is 15.2. The summed E-state index contributed by atoms with van der Waals surface area (Å²) in [6.45, 7) is 4.42. The van der Waals surface area contributed by atoms with E-state index in [1.54, 1.807) is 16.8 Å². The minimum absolute atomic E-state index is 0.106. The average Bonchev–Trinajstić information content (AvgIpc) is 3.46. The molecule has 4 aromatic rings. The fraction of sp³-hybridized carbons (Fsp3) is 0.343. The van der Waals surface area contributed by atoms with E-state index in [0.717, 1.165) is 48.8 Å². The number of anilines is 1. The van der Waals surface area contributed by atoms with Gasteiger partial charge in [-0.25, -0.2) is 9.48 Å². The van der Waals surface area contributed by atoms with Crippen LogP contribution in [0.2, 0.25) is 15.1 Å². The summed E-state index contributed by atoms with van der Waals surface area (Å²) < 4.78 is 20.1. The quantitative estimate of drug-likeness (QED) is 0.122. The number of nitrogens with zero attached hydrogens (tertiary/aromatic N) is 3. The summed E-state index contributed by atoms with van der Waals surface area (Å²) >= 11 is 20.3. The summed E-state index contributed by atoms with van der Waals surface area (Å²) in [5, 5.41) is 10.5. The molecule has 0 amide bonds. The van der Waals surface area contributed by atoms with Crippen LogP contribution in [-0.2, 0) is 21.9 Å².